The molecular formula is C16H21N3O6. The predicted molar refractivity (Wildman–Crippen MR) is 88.9 cm³/mol. The van der Waals surface area contributed by atoms with Gasteiger partial charge in [-0.25, -0.2) is 4.79 Å². The maximum Gasteiger partial charge on any atom is 0.407 e. The Balaban J connectivity index is 2.57. The van der Waals surface area contributed by atoms with Crippen molar-refractivity contribution in [2.45, 2.75) is 39.0 Å². The minimum absolute atomic E-state index is 0.0293. The quantitative estimate of drug-likeness (QED) is 0.657. The van der Waals surface area contributed by atoms with Gasteiger partial charge in [-0.15, -0.1) is 0 Å². The molecule has 1 aromatic rings. The van der Waals surface area contributed by atoms with Crippen LogP contribution in [0.2, 0.25) is 0 Å². The summed E-state index contributed by atoms with van der Waals surface area (Å²) >= 11 is 0. The topological polar surface area (TPSA) is 113 Å². The lowest BCUT2D eigenvalue weighted by Crippen LogP contribution is -2.52. The molecular weight excluding hydrogens is 330 g/mol. The summed E-state index contributed by atoms with van der Waals surface area (Å²) in [7, 11) is 1.38. The van der Waals surface area contributed by atoms with Gasteiger partial charge in [0.05, 0.1) is 23.1 Å². The summed E-state index contributed by atoms with van der Waals surface area (Å²) in [5.74, 6) is -0.488. The molecule has 2 atom stereocenters. The smallest absolute Gasteiger partial charge is 0.407 e. The van der Waals surface area contributed by atoms with E-state index >= 15 is 0 Å². The maximum atomic E-state index is 12.9. The van der Waals surface area contributed by atoms with Crippen LogP contribution in [-0.2, 0) is 0 Å². The third-order valence-corrected chi connectivity index (χ3v) is 4.24. The van der Waals surface area contributed by atoms with Gasteiger partial charge in [0, 0.05) is 19.2 Å². The number of benzene rings is 1. The number of rotatable bonds is 4. The Morgan fingerprint density at radius 1 is 1.48 bits per heavy atom. The number of nitrogens with zero attached hydrogens (tertiary/aromatic N) is 3. The first-order chi connectivity index (χ1) is 11.6. The minimum Gasteiger partial charge on any atom is -0.479 e. The molecule has 136 valence electrons. The Morgan fingerprint density at radius 2 is 2.12 bits per heavy atom. The third kappa shape index (κ3) is 3.49. The van der Waals surface area contributed by atoms with Crippen LogP contribution in [0.5, 0.6) is 5.75 Å². The van der Waals surface area contributed by atoms with Crippen molar-refractivity contribution < 1.29 is 24.4 Å². The van der Waals surface area contributed by atoms with Gasteiger partial charge in [-0.2, -0.15) is 0 Å². The molecule has 0 radical (unpaired) electrons. The summed E-state index contributed by atoms with van der Waals surface area (Å²) in [4.78, 5) is 37.4. The zero-order valence-corrected chi connectivity index (χ0v) is 14.5. The Bertz CT molecular complexity index is 705. The lowest BCUT2D eigenvalue weighted by molar-refractivity contribution is -0.386. The van der Waals surface area contributed by atoms with E-state index in [1.807, 2.05) is 13.8 Å². The highest BCUT2D eigenvalue weighted by atomic mass is 16.6. The van der Waals surface area contributed by atoms with Crippen molar-refractivity contribution in [2.24, 2.45) is 0 Å². The van der Waals surface area contributed by atoms with Gasteiger partial charge in [-0.1, -0.05) is 6.07 Å². The van der Waals surface area contributed by atoms with Crippen molar-refractivity contribution in [3.8, 4) is 5.75 Å². The van der Waals surface area contributed by atoms with Crippen molar-refractivity contribution >= 4 is 17.7 Å². The number of likely N-dealkylation sites (N-methyl/N-ethyl adjacent to an activating group) is 1. The molecule has 9 heteroatoms. The molecule has 0 bridgehead atoms. The first kappa shape index (κ1) is 18.5. The van der Waals surface area contributed by atoms with Crippen molar-refractivity contribution in [2.75, 3.05) is 13.6 Å². The van der Waals surface area contributed by atoms with Crippen LogP contribution in [0.15, 0.2) is 18.2 Å². The fourth-order valence-corrected chi connectivity index (χ4v) is 2.96. The van der Waals surface area contributed by atoms with Crippen LogP contribution in [0.25, 0.3) is 0 Å². The summed E-state index contributed by atoms with van der Waals surface area (Å²) in [6.07, 6.45) is -1.89. The third-order valence-electron chi connectivity index (χ3n) is 4.24. The normalized spacial score (nSPS) is 19.9. The van der Waals surface area contributed by atoms with Gasteiger partial charge in [0.15, 0.2) is 0 Å². The Labute approximate surface area is 144 Å². The number of ether oxygens (including phenoxy) is 1. The molecule has 0 fully saturated rings. The Kier molecular flexibility index (Phi) is 5.15. The number of carboxylic acid groups (broad SMARTS) is 1. The van der Waals surface area contributed by atoms with Crippen LogP contribution in [0.4, 0.5) is 10.5 Å². The number of nitro benzene ring substituents is 1. The van der Waals surface area contributed by atoms with Crippen molar-refractivity contribution in [3.63, 3.8) is 0 Å². The molecule has 0 unspecified atom stereocenters. The van der Waals surface area contributed by atoms with E-state index in [0.717, 1.165) is 4.90 Å². The first-order valence-corrected chi connectivity index (χ1v) is 7.86. The van der Waals surface area contributed by atoms with Crippen LogP contribution in [0, 0.1) is 10.1 Å². The van der Waals surface area contributed by atoms with Crippen molar-refractivity contribution in [1.82, 2.24) is 9.80 Å². The van der Waals surface area contributed by atoms with E-state index in [1.165, 1.54) is 25.2 Å². The fraction of sp³-hybridized carbons (Fsp3) is 0.500. The second kappa shape index (κ2) is 6.96. The Morgan fingerprint density at radius 3 is 2.64 bits per heavy atom. The maximum absolute atomic E-state index is 12.9. The largest absolute Gasteiger partial charge is 0.479 e. The molecule has 1 aromatic carbocycles. The van der Waals surface area contributed by atoms with Gasteiger partial charge < -0.3 is 19.6 Å². The molecule has 0 aromatic heterocycles. The number of nitro groups is 1. The summed E-state index contributed by atoms with van der Waals surface area (Å²) < 4.78 is 5.82. The molecule has 1 aliphatic rings. The van der Waals surface area contributed by atoms with E-state index in [-0.39, 0.29) is 35.5 Å². The van der Waals surface area contributed by atoms with E-state index in [2.05, 4.69) is 0 Å². The molecule has 0 saturated carbocycles. The molecule has 1 N–H and O–H groups in total. The predicted octanol–water partition coefficient (Wildman–Crippen LogP) is 2.20. The molecule has 25 heavy (non-hydrogen) atoms. The van der Waals surface area contributed by atoms with Crippen LogP contribution in [0.1, 0.15) is 31.1 Å². The molecule has 1 heterocycles. The number of carbonyl (C=O) groups excluding carboxylic acids is 1. The lowest BCUT2D eigenvalue weighted by atomic mass is 10.1. The summed E-state index contributed by atoms with van der Waals surface area (Å²) in [6, 6.07) is 3.52. The van der Waals surface area contributed by atoms with Crippen LogP contribution < -0.4 is 4.74 Å². The number of carbonyl (C=O) groups is 2. The highest BCUT2D eigenvalue weighted by molar-refractivity contribution is 5.99. The van der Waals surface area contributed by atoms with Gasteiger partial charge in [0.1, 0.15) is 6.10 Å². The second-order valence-electron chi connectivity index (χ2n) is 6.28. The van der Waals surface area contributed by atoms with E-state index in [0.29, 0.717) is 0 Å². The number of para-hydroxylation sites is 1. The van der Waals surface area contributed by atoms with Crippen LogP contribution >= 0.6 is 0 Å². The molecule has 0 spiro atoms. The van der Waals surface area contributed by atoms with Gasteiger partial charge >= 0.3 is 11.8 Å². The van der Waals surface area contributed by atoms with Gasteiger partial charge in [0.2, 0.25) is 5.75 Å². The van der Waals surface area contributed by atoms with Gasteiger partial charge in [-0.3, -0.25) is 14.9 Å². The zero-order chi connectivity index (χ0) is 18.9. The summed E-state index contributed by atoms with van der Waals surface area (Å²) in [5.41, 5.74) is -0.207. The highest BCUT2D eigenvalue weighted by Gasteiger charge is 2.40. The summed E-state index contributed by atoms with van der Waals surface area (Å²) in [6.45, 7) is 5.37. The first-order valence-electron chi connectivity index (χ1n) is 7.86. The molecule has 1 aliphatic heterocycles. The minimum atomic E-state index is -1.15. The number of hydrogen-bond acceptors (Lipinski definition) is 5. The van der Waals surface area contributed by atoms with Crippen molar-refractivity contribution in [3.05, 3.63) is 33.9 Å². The zero-order valence-electron chi connectivity index (χ0n) is 14.5. The fourth-order valence-electron chi connectivity index (χ4n) is 2.96. The number of fused-ring (bicyclic) bond motifs is 1. The second-order valence-corrected chi connectivity index (χ2v) is 6.28. The number of amides is 2. The molecule has 9 nitrogen and oxygen atoms in total. The average molecular weight is 351 g/mol. The SMILES string of the molecule is CC(C)N1C(=O)c2cccc([N+](=O)[O-])c2O[C@H](CN(C)C(=O)O)[C@H]1C. The molecule has 2 rings (SSSR count). The highest BCUT2D eigenvalue weighted by Crippen LogP contribution is 2.36. The monoisotopic (exact) mass is 351 g/mol. The van der Waals surface area contributed by atoms with E-state index in [1.54, 1.807) is 11.8 Å². The molecule has 0 aliphatic carbocycles. The lowest BCUT2D eigenvalue weighted by Gasteiger charge is -2.35. The Hall–Kier alpha value is -2.84. The number of hydrogen-bond donors (Lipinski definition) is 1. The average Bonchev–Trinajstić information content (AvgIpc) is 2.62. The molecule has 0 saturated heterocycles. The van der Waals surface area contributed by atoms with E-state index < -0.39 is 23.2 Å². The molecule has 2 amide bonds. The van der Waals surface area contributed by atoms with E-state index in [4.69, 9.17) is 9.84 Å². The van der Waals surface area contributed by atoms with Gasteiger partial charge in [0.25, 0.3) is 5.91 Å². The van der Waals surface area contributed by atoms with Crippen LogP contribution in [0.3, 0.4) is 0 Å². The van der Waals surface area contributed by atoms with E-state index in [9.17, 15) is 19.7 Å². The summed E-state index contributed by atoms with van der Waals surface area (Å²) in [5, 5.41) is 20.4. The van der Waals surface area contributed by atoms with Crippen LogP contribution in [-0.4, -0.2) is 63.6 Å². The standard InChI is InChI=1S/C16H21N3O6/c1-9(2)18-10(3)13(8-17(4)16(21)22)25-14-11(15(18)20)6-5-7-12(14)19(23)24/h5-7,9-10,13H,8H2,1-4H3,(H,21,22)/t10-,13-/m1/s1. The van der Waals surface area contributed by atoms with Crippen molar-refractivity contribution in [1.29, 1.82) is 0 Å². The van der Waals surface area contributed by atoms with Gasteiger partial charge in [-0.05, 0) is 26.8 Å².